The Labute approximate surface area is 133 Å². The van der Waals surface area contributed by atoms with Gasteiger partial charge in [0.05, 0.1) is 6.04 Å². The first-order valence-corrected chi connectivity index (χ1v) is 7.48. The quantitative estimate of drug-likeness (QED) is 0.689. The summed E-state index contributed by atoms with van der Waals surface area (Å²) in [4.78, 5) is 0. The summed E-state index contributed by atoms with van der Waals surface area (Å²) in [6.07, 6.45) is 0. The SMILES string of the molecule is NC(c1cc(Cl)ccc1Cl)c1ccc(Br)cc1Br. The van der Waals surface area contributed by atoms with Crippen LogP contribution in [0.15, 0.2) is 45.3 Å². The van der Waals surface area contributed by atoms with Crippen molar-refractivity contribution in [3.8, 4) is 0 Å². The van der Waals surface area contributed by atoms with Crippen LogP contribution in [0.3, 0.4) is 0 Å². The van der Waals surface area contributed by atoms with E-state index in [2.05, 4.69) is 31.9 Å². The number of hydrogen-bond donors (Lipinski definition) is 1. The molecule has 1 atom stereocenters. The fourth-order valence-electron chi connectivity index (χ4n) is 1.67. The highest BCUT2D eigenvalue weighted by Crippen LogP contribution is 2.33. The highest BCUT2D eigenvalue weighted by molar-refractivity contribution is 9.11. The molecule has 2 rings (SSSR count). The van der Waals surface area contributed by atoms with Gasteiger partial charge < -0.3 is 5.73 Å². The fraction of sp³-hybridized carbons (Fsp3) is 0.0769. The van der Waals surface area contributed by atoms with E-state index in [-0.39, 0.29) is 6.04 Å². The minimum atomic E-state index is -0.321. The van der Waals surface area contributed by atoms with Crippen molar-refractivity contribution in [2.45, 2.75) is 6.04 Å². The van der Waals surface area contributed by atoms with Gasteiger partial charge in [0.15, 0.2) is 0 Å². The van der Waals surface area contributed by atoms with Crippen LogP contribution in [0.2, 0.25) is 10.0 Å². The number of halogens is 4. The second kappa shape index (κ2) is 5.93. The van der Waals surface area contributed by atoms with E-state index < -0.39 is 0 Å². The molecule has 1 unspecified atom stereocenters. The lowest BCUT2D eigenvalue weighted by atomic mass is 10.00. The van der Waals surface area contributed by atoms with Gasteiger partial charge in [-0.25, -0.2) is 0 Å². The summed E-state index contributed by atoms with van der Waals surface area (Å²) in [5, 5.41) is 1.24. The third kappa shape index (κ3) is 3.09. The zero-order valence-electron chi connectivity index (χ0n) is 9.13. The third-order valence-electron chi connectivity index (χ3n) is 2.59. The van der Waals surface area contributed by atoms with Crippen LogP contribution in [0.4, 0.5) is 0 Å². The second-order valence-electron chi connectivity index (χ2n) is 3.81. The molecule has 0 aromatic heterocycles. The van der Waals surface area contributed by atoms with Gasteiger partial charge in [0.25, 0.3) is 0 Å². The molecule has 5 heteroatoms. The average Bonchev–Trinajstić information content (AvgIpc) is 2.31. The van der Waals surface area contributed by atoms with E-state index in [1.807, 2.05) is 18.2 Å². The summed E-state index contributed by atoms with van der Waals surface area (Å²) in [5.74, 6) is 0. The molecule has 1 nitrogen and oxygen atoms in total. The Hall–Kier alpha value is -0.0600. The zero-order chi connectivity index (χ0) is 13.3. The molecule has 0 fully saturated rings. The van der Waals surface area contributed by atoms with Gasteiger partial charge in [-0.3, -0.25) is 0 Å². The van der Waals surface area contributed by atoms with Crippen LogP contribution in [0.1, 0.15) is 17.2 Å². The van der Waals surface area contributed by atoms with E-state index in [9.17, 15) is 0 Å². The Morgan fingerprint density at radius 3 is 2.33 bits per heavy atom. The van der Waals surface area contributed by atoms with E-state index >= 15 is 0 Å². The predicted octanol–water partition coefficient (Wildman–Crippen LogP) is 5.57. The van der Waals surface area contributed by atoms with Crippen LogP contribution < -0.4 is 5.73 Å². The van der Waals surface area contributed by atoms with Crippen molar-refractivity contribution in [2.24, 2.45) is 5.73 Å². The Kier molecular flexibility index (Phi) is 4.73. The van der Waals surface area contributed by atoms with Crippen LogP contribution in [-0.4, -0.2) is 0 Å². The Morgan fingerprint density at radius 2 is 1.67 bits per heavy atom. The van der Waals surface area contributed by atoms with Crippen molar-refractivity contribution in [2.75, 3.05) is 0 Å². The summed E-state index contributed by atoms with van der Waals surface area (Å²) >= 11 is 19.1. The van der Waals surface area contributed by atoms with Crippen molar-refractivity contribution in [3.05, 3.63) is 66.5 Å². The van der Waals surface area contributed by atoms with Crippen molar-refractivity contribution in [1.82, 2.24) is 0 Å². The van der Waals surface area contributed by atoms with Gasteiger partial charge in [-0.05, 0) is 41.5 Å². The molecule has 0 aliphatic rings. The monoisotopic (exact) mass is 407 g/mol. The summed E-state index contributed by atoms with van der Waals surface area (Å²) in [6.45, 7) is 0. The van der Waals surface area contributed by atoms with Gasteiger partial charge in [0.2, 0.25) is 0 Å². The first kappa shape index (κ1) is 14.4. The topological polar surface area (TPSA) is 26.0 Å². The van der Waals surface area contributed by atoms with E-state index in [1.54, 1.807) is 18.2 Å². The number of hydrogen-bond acceptors (Lipinski definition) is 1. The Morgan fingerprint density at radius 1 is 0.944 bits per heavy atom. The van der Waals surface area contributed by atoms with E-state index in [1.165, 1.54) is 0 Å². The van der Waals surface area contributed by atoms with E-state index in [4.69, 9.17) is 28.9 Å². The average molecular weight is 410 g/mol. The van der Waals surface area contributed by atoms with Crippen molar-refractivity contribution in [1.29, 1.82) is 0 Å². The molecule has 2 N–H and O–H groups in total. The maximum atomic E-state index is 6.25. The molecule has 0 saturated carbocycles. The van der Waals surface area contributed by atoms with Crippen LogP contribution in [0, 0.1) is 0 Å². The molecular weight excluding hydrogens is 401 g/mol. The first-order chi connectivity index (χ1) is 8.49. The number of rotatable bonds is 2. The van der Waals surface area contributed by atoms with Crippen molar-refractivity contribution < 1.29 is 0 Å². The molecular formula is C13H9Br2Cl2N. The normalized spacial score (nSPS) is 12.5. The molecule has 0 bridgehead atoms. The van der Waals surface area contributed by atoms with Crippen LogP contribution >= 0.6 is 55.1 Å². The summed E-state index contributed by atoms with van der Waals surface area (Å²) < 4.78 is 1.92. The molecule has 18 heavy (non-hydrogen) atoms. The van der Waals surface area contributed by atoms with E-state index in [0.717, 1.165) is 20.1 Å². The minimum absolute atomic E-state index is 0.321. The minimum Gasteiger partial charge on any atom is -0.320 e. The molecule has 0 aliphatic carbocycles. The maximum absolute atomic E-state index is 6.25. The van der Waals surface area contributed by atoms with Crippen molar-refractivity contribution >= 4 is 55.1 Å². The molecule has 94 valence electrons. The van der Waals surface area contributed by atoms with Crippen molar-refractivity contribution in [3.63, 3.8) is 0 Å². The van der Waals surface area contributed by atoms with Gasteiger partial charge in [0.1, 0.15) is 0 Å². The highest BCUT2D eigenvalue weighted by atomic mass is 79.9. The van der Waals surface area contributed by atoms with E-state index in [0.29, 0.717) is 10.0 Å². The fourth-order valence-corrected chi connectivity index (χ4v) is 3.38. The molecule has 0 radical (unpaired) electrons. The third-order valence-corrected chi connectivity index (χ3v) is 4.35. The largest absolute Gasteiger partial charge is 0.320 e. The van der Waals surface area contributed by atoms with Gasteiger partial charge in [0, 0.05) is 19.0 Å². The van der Waals surface area contributed by atoms with Gasteiger partial charge in [-0.1, -0.05) is 61.1 Å². The summed E-state index contributed by atoms with van der Waals surface area (Å²) in [7, 11) is 0. The number of nitrogens with two attached hydrogens (primary N) is 1. The summed E-state index contributed by atoms with van der Waals surface area (Å²) in [6, 6.07) is 10.8. The van der Waals surface area contributed by atoms with Crippen LogP contribution in [0.5, 0.6) is 0 Å². The molecule has 0 saturated heterocycles. The Bertz CT molecular complexity index is 587. The second-order valence-corrected chi connectivity index (χ2v) is 6.42. The molecule has 2 aromatic carbocycles. The first-order valence-electron chi connectivity index (χ1n) is 5.14. The molecule has 0 spiro atoms. The molecule has 2 aromatic rings. The number of benzene rings is 2. The van der Waals surface area contributed by atoms with Gasteiger partial charge >= 0.3 is 0 Å². The predicted molar refractivity (Wildman–Crippen MR) is 84.3 cm³/mol. The van der Waals surface area contributed by atoms with Gasteiger partial charge in [-0.15, -0.1) is 0 Å². The molecule has 0 amide bonds. The van der Waals surface area contributed by atoms with Crippen LogP contribution in [-0.2, 0) is 0 Å². The maximum Gasteiger partial charge on any atom is 0.0578 e. The van der Waals surface area contributed by atoms with Crippen LogP contribution in [0.25, 0.3) is 0 Å². The lowest BCUT2D eigenvalue weighted by Crippen LogP contribution is -2.13. The van der Waals surface area contributed by atoms with Gasteiger partial charge in [-0.2, -0.15) is 0 Å². The lowest BCUT2D eigenvalue weighted by molar-refractivity contribution is 0.866. The summed E-state index contributed by atoms with van der Waals surface area (Å²) in [5.41, 5.74) is 8.02. The Balaban J connectivity index is 2.47. The zero-order valence-corrected chi connectivity index (χ0v) is 13.8. The standard InChI is InChI=1S/C13H9Br2Cl2N/c14-7-1-3-9(11(15)5-7)13(18)10-6-8(16)2-4-12(10)17/h1-6,13H,18H2. The highest BCUT2D eigenvalue weighted by Gasteiger charge is 2.15. The molecule has 0 heterocycles. The molecule has 0 aliphatic heterocycles. The lowest BCUT2D eigenvalue weighted by Gasteiger charge is -2.16. The smallest absolute Gasteiger partial charge is 0.0578 e.